The van der Waals surface area contributed by atoms with Crippen LogP contribution in [0.3, 0.4) is 0 Å². The number of nitrogens with zero attached hydrogens (tertiary/aromatic N) is 4. The molecule has 0 aliphatic rings. The van der Waals surface area contributed by atoms with E-state index in [1.54, 1.807) is 12.1 Å². The van der Waals surface area contributed by atoms with Gasteiger partial charge in [0.2, 0.25) is 5.69 Å². The Bertz CT molecular complexity index is 841. The number of nitriles is 2. The number of fused-ring (bicyclic) bond motifs is 1. The van der Waals surface area contributed by atoms with Gasteiger partial charge < -0.3 is 0 Å². The molecule has 0 fully saturated rings. The first-order valence-electron chi connectivity index (χ1n) is 5.12. The molecule has 0 amide bonds. The third kappa shape index (κ3) is 1.93. The molecule has 0 aliphatic carbocycles. The molecule has 20 heavy (non-hydrogen) atoms. The molecular weight excluding hydrogens is 384 g/mol. The summed E-state index contributed by atoms with van der Waals surface area (Å²) in [6.07, 6.45) is 0. The van der Waals surface area contributed by atoms with Gasteiger partial charge in [0.25, 0.3) is 0 Å². The largest absolute Gasteiger partial charge is 0.250 e. The number of halogens is 2. The molecule has 92 valence electrons. The Labute approximate surface area is 131 Å². The third-order valence-corrected chi connectivity index (χ3v) is 4.36. The average molecular weight is 386 g/mol. The van der Waals surface area contributed by atoms with Crippen LogP contribution >= 0.6 is 31.9 Å². The van der Waals surface area contributed by atoms with Crippen LogP contribution in [0.15, 0.2) is 21.1 Å². The number of rotatable bonds is 0. The molecule has 0 heterocycles. The van der Waals surface area contributed by atoms with Crippen molar-refractivity contribution < 1.29 is 0 Å². The number of hydrogen-bond donors (Lipinski definition) is 0. The Hall–Kier alpha value is -2.38. The highest BCUT2D eigenvalue weighted by Crippen LogP contribution is 2.44. The molecule has 4 nitrogen and oxygen atoms in total. The van der Waals surface area contributed by atoms with Crippen LogP contribution in [0.25, 0.3) is 20.5 Å². The topological polar surface area (TPSA) is 56.3 Å². The molecular formula is C14H2Br2N4. The van der Waals surface area contributed by atoms with Crippen LogP contribution in [0.4, 0.5) is 11.4 Å². The van der Waals surface area contributed by atoms with Gasteiger partial charge in [0.05, 0.1) is 24.3 Å². The summed E-state index contributed by atoms with van der Waals surface area (Å²) >= 11 is 6.61. The lowest BCUT2D eigenvalue weighted by atomic mass is 10.0. The molecule has 0 aliphatic heterocycles. The summed E-state index contributed by atoms with van der Waals surface area (Å²) in [5, 5.41) is 19.5. The molecule has 0 saturated carbocycles. The highest BCUT2D eigenvalue weighted by Gasteiger charge is 2.17. The summed E-state index contributed by atoms with van der Waals surface area (Å²) in [5.41, 5.74) is 0.846. The molecule has 2 aromatic rings. The molecule has 0 saturated heterocycles. The molecule has 0 aromatic heterocycles. The number of benzene rings is 2. The van der Waals surface area contributed by atoms with E-state index in [0.29, 0.717) is 19.7 Å². The van der Waals surface area contributed by atoms with Crippen molar-refractivity contribution in [1.29, 1.82) is 10.5 Å². The van der Waals surface area contributed by atoms with E-state index < -0.39 is 0 Å². The maximum atomic E-state index is 9.13. The van der Waals surface area contributed by atoms with Gasteiger partial charge in [-0.2, -0.15) is 10.5 Å². The lowest BCUT2D eigenvalue weighted by molar-refractivity contribution is 1.43. The van der Waals surface area contributed by atoms with Crippen molar-refractivity contribution in [2.75, 3.05) is 0 Å². The fraction of sp³-hybridized carbons (Fsp3) is 0. The first kappa shape index (κ1) is 14.0. The Balaban J connectivity index is 3.12. The van der Waals surface area contributed by atoms with Gasteiger partial charge in [-0.15, -0.1) is 0 Å². The summed E-state index contributed by atoms with van der Waals surface area (Å²) in [7, 11) is 0. The minimum absolute atomic E-state index is 0.202. The van der Waals surface area contributed by atoms with Crippen LogP contribution in [-0.4, -0.2) is 0 Å². The zero-order valence-electron chi connectivity index (χ0n) is 9.70. The Kier molecular flexibility index (Phi) is 3.73. The van der Waals surface area contributed by atoms with Crippen LogP contribution in [0, 0.1) is 35.8 Å². The van der Waals surface area contributed by atoms with E-state index in [9.17, 15) is 0 Å². The van der Waals surface area contributed by atoms with Gasteiger partial charge in [0.15, 0.2) is 5.69 Å². The Morgan fingerprint density at radius 2 is 1.60 bits per heavy atom. The Morgan fingerprint density at radius 1 is 0.950 bits per heavy atom. The third-order valence-electron chi connectivity index (χ3n) is 2.74. The summed E-state index contributed by atoms with van der Waals surface area (Å²) in [5.74, 6) is 0. The monoisotopic (exact) mass is 384 g/mol. The van der Waals surface area contributed by atoms with Crippen molar-refractivity contribution in [3.05, 3.63) is 55.0 Å². The van der Waals surface area contributed by atoms with E-state index in [4.69, 9.17) is 23.7 Å². The van der Waals surface area contributed by atoms with Crippen LogP contribution in [0.5, 0.6) is 0 Å². The first-order valence-corrected chi connectivity index (χ1v) is 6.71. The smallest absolute Gasteiger partial charge is 0.209 e. The zero-order chi connectivity index (χ0) is 14.9. The van der Waals surface area contributed by atoms with Crippen molar-refractivity contribution in [3.63, 3.8) is 0 Å². The van der Waals surface area contributed by atoms with Crippen molar-refractivity contribution in [1.82, 2.24) is 0 Å². The van der Waals surface area contributed by atoms with Crippen molar-refractivity contribution in [2.24, 2.45) is 0 Å². The molecule has 0 radical (unpaired) electrons. The summed E-state index contributed by atoms with van der Waals surface area (Å²) in [6.45, 7) is 14.3. The normalized spacial score (nSPS) is 9.30. The molecule has 0 bridgehead atoms. The molecule has 6 heteroatoms. The van der Waals surface area contributed by atoms with Crippen molar-refractivity contribution in [3.8, 4) is 12.1 Å². The fourth-order valence-electron chi connectivity index (χ4n) is 1.82. The van der Waals surface area contributed by atoms with Gasteiger partial charge in [-0.05, 0) is 32.8 Å². The summed E-state index contributed by atoms with van der Waals surface area (Å²) in [4.78, 5) is 6.67. The van der Waals surface area contributed by atoms with Crippen LogP contribution in [0.2, 0.25) is 0 Å². The SMILES string of the molecule is [C-]#[N+]c1cc2c(Br)c(C#N)c(C#N)cc2c(Br)c1[N+]#[C-]. The van der Waals surface area contributed by atoms with Gasteiger partial charge >= 0.3 is 0 Å². The second-order valence-electron chi connectivity index (χ2n) is 3.71. The summed E-state index contributed by atoms with van der Waals surface area (Å²) in [6, 6.07) is 7.03. The van der Waals surface area contributed by atoms with Crippen molar-refractivity contribution in [2.45, 2.75) is 0 Å². The number of hydrogen-bond acceptors (Lipinski definition) is 2. The van der Waals surface area contributed by atoms with Gasteiger partial charge in [-0.3, -0.25) is 4.85 Å². The second-order valence-corrected chi connectivity index (χ2v) is 5.30. The fourth-order valence-corrected chi connectivity index (χ4v) is 3.07. The van der Waals surface area contributed by atoms with E-state index in [0.717, 1.165) is 0 Å². The van der Waals surface area contributed by atoms with Crippen LogP contribution < -0.4 is 0 Å². The quantitative estimate of drug-likeness (QED) is 0.584. The van der Waals surface area contributed by atoms with E-state index in [1.165, 1.54) is 0 Å². The van der Waals surface area contributed by atoms with Gasteiger partial charge in [-0.1, -0.05) is 22.0 Å². The molecule has 2 aromatic carbocycles. The summed E-state index contributed by atoms with van der Waals surface area (Å²) < 4.78 is 0.911. The predicted molar refractivity (Wildman–Crippen MR) is 81.3 cm³/mol. The van der Waals surface area contributed by atoms with Gasteiger partial charge in [0.1, 0.15) is 12.1 Å². The van der Waals surface area contributed by atoms with Gasteiger partial charge in [-0.25, -0.2) is 4.85 Å². The molecule has 0 spiro atoms. The standard InChI is InChI=1S/C14H2Br2N4/c1-19-11-4-9-8(13(16)14(11)20-2)3-7(5-17)10(6-18)12(9)15/h3-4H. The average Bonchev–Trinajstić information content (AvgIpc) is 2.47. The Morgan fingerprint density at radius 3 is 2.10 bits per heavy atom. The molecule has 2 rings (SSSR count). The van der Waals surface area contributed by atoms with Crippen LogP contribution in [-0.2, 0) is 0 Å². The first-order chi connectivity index (χ1) is 9.58. The van der Waals surface area contributed by atoms with E-state index in [-0.39, 0.29) is 22.5 Å². The predicted octanol–water partition coefficient (Wildman–Crippen LogP) is 5.21. The molecule has 0 unspecified atom stereocenters. The van der Waals surface area contributed by atoms with Crippen LogP contribution in [0.1, 0.15) is 11.1 Å². The van der Waals surface area contributed by atoms with E-state index in [2.05, 4.69) is 41.5 Å². The zero-order valence-corrected chi connectivity index (χ0v) is 12.9. The minimum atomic E-state index is 0.202. The molecule has 0 atom stereocenters. The van der Waals surface area contributed by atoms with E-state index in [1.807, 2.05) is 12.1 Å². The van der Waals surface area contributed by atoms with Crippen molar-refractivity contribution >= 4 is 54.0 Å². The lowest BCUT2D eigenvalue weighted by Crippen LogP contribution is -1.89. The highest BCUT2D eigenvalue weighted by atomic mass is 79.9. The van der Waals surface area contributed by atoms with Gasteiger partial charge in [0, 0.05) is 8.95 Å². The highest BCUT2D eigenvalue weighted by molar-refractivity contribution is 9.11. The minimum Gasteiger partial charge on any atom is -0.250 e. The van der Waals surface area contributed by atoms with E-state index >= 15 is 0 Å². The maximum Gasteiger partial charge on any atom is 0.209 e. The maximum absolute atomic E-state index is 9.13. The second kappa shape index (κ2) is 5.32. The molecule has 0 N–H and O–H groups in total. The lowest BCUT2D eigenvalue weighted by Gasteiger charge is -2.09.